The second-order valence-corrected chi connectivity index (χ2v) is 8.07. The number of hydrogen-bond acceptors (Lipinski definition) is 4. The van der Waals surface area contributed by atoms with Crippen molar-refractivity contribution in [2.45, 2.75) is 39.7 Å². The van der Waals surface area contributed by atoms with E-state index in [0.29, 0.717) is 32.9 Å². The summed E-state index contributed by atoms with van der Waals surface area (Å²) in [6, 6.07) is 7.41. The van der Waals surface area contributed by atoms with Crippen molar-refractivity contribution in [1.82, 2.24) is 9.55 Å². The summed E-state index contributed by atoms with van der Waals surface area (Å²) in [6.45, 7) is 4.60. The fourth-order valence-corrected chi connectivity index (χ4v) is 4.26. The zero-order chi connectivity index (χ0) is 18.7. The Hall–Kier alpha value is -1.99. The van der Waals surface area contributed by atoms with Crippen LogP contribution in [0.3, 0.4) is 0 Å². The molecule has 0 atom stereocenters. The molecule has 7 heteroatoms. The van der Waals surface area contributed by atoms with E-state index in [9.17, 15) is 9.59 Å². The minimum atomic E-state index is -0.222. The lowest BCUT2D eigenvalue weighted by Crippen LogP contribution is -2.20. The van der Waals surface area contributed by atoms with Crippen LogP contribution in [0.4, 0.5) is 5.69 Å². The van der Waals surface area contributed by atoms with E-state index in [-0.39, 0.29) is 11.5 Å². The van der Waals surface area contributed by atoms with Crippen LogP contribution in [0.5, 0.6) is 0 Å². The number of carbonyl (C=O) groups excluding carboxylic acids is 1. The largest absolute Gasteiger partial charge is 0.321 e. The molecule has 3 aromatic rings. The highest BCUT2D eigenvalue weighted by atomic mass is 79.9. The monoisotopic (exact) mass is 433 g/mol. The van der Waals surface area contributed by atoms with E-state index in [1.54, 1.807) is 10.9 Å². The van der Waals surface area contributed by atoms with Crippen molar-refractivity contribution in [3.05, 3.63) is 55.9 Å². The van der Waals surface area contributed by atoms with Gasteiger partial charge < -0.3 is 5.32 Å². The summed E-state index contributed by atoms with van der Waals surface area (Å²) in [6.07, 6.45) is 4.71. The first kappa shape index (κ1) is 18.8. The third-order valence-electron chi connectivity index (χ3n) is 4.21. The highest BCUT2D eigenvalue weighted by Gasteiger charge is 2.19. The van der Waals surface area contributed by atoms with Gasteiger partial charge in [-0.1, -0.05) is 41.8 Å². The number of fused-ring (bicyclic) bond motifs is 1. The number of thiophene rings is 1. The van der Waals surface area contributed by atoms with Crippen molar-refractivity contribution in [2.75, 3.05) is 5.32 Å². The van der Waals surface area contributed by atoms with Gasteiger partial charge in [0.1, 0.15) is 4.83 Å². The fraction of sp³-hybridized carbons (Fsp3) is 0.316. The van der Waals surface area contributed by atoms with Crippen molar-refractivity contribution in [1.29, 1.82) is 0 Å². The number of carbonyl (C=O) groups is 1. The molecule has 0 saturated carbocycles. The number of anilines is 1. The first-order valence-electron chi connectivity index (χ1n) is 8.56. The third-order valence-corrected chi connectivity index (χ3v) is 5.90. The number of aryl methyl sites for hydroxylation is 2. The molecule has 26 heavy (non-hydrogen) atoms. The Balaban J connectivity index is 1.92. The zero-order valence-corrected chi connectivity index (χ0v) is 17.1. The standard InChI is InChI=1S/C19H20BrN3O2S/c1-3-4-5-9-23-11-21-18-15(19(23)25)12(2)16(26-18)17(24)22-14-8-6-7-13(20)10-14/h6-8,10-11H,3-5,9H2,1-2H3,(H,22,24). The summed E-state index contributed by atoms with van der Waals surface area (Å²) in [7, 11) is 0. The van der Waals surface area contributed by atoms with Gasteiger partial charge in [-0.3, -0.25) is 14.2 Å². The molecule has 2 aromatic heterocycles. The first-order chi connectivity index (χ1) is 12.5. The fourth-order valence-electron chi connectivity index (χ4n) is 2.82. The predicted molar refractivity (Wildman–Crippen MR) is 110 cm³/mol. The average molecular weight is 434 g/mol. The topological polar surface area (TPSA) is 64.0 Å². The maximum Gasteiger partial charge on any atom is 0.266 e. The molecule has 0 radical (unpaired) electrons. The third kappa shape index (κ3) is 3.88. The van der Waals surface area contributed by atoms with E-state index in [2.05, 4.69) is 33.2 Å². The summed E-state index contributed by atoms with van der Waals surface area (Å²) in [5, 5.41) is 3.43. The number of nitrogens with one attached hydrogen (secondary N) is 1. The van der Waals surface area contributed by atoms with Crippen LogP contribution in [-0.2, 0) is 6.54 Å². The molecule has 0 bridgehead atoms. The Bertz CT molecular complexity index is 1010. The van der Waals surface area contributed by atoms with Crippen LogP contribution in [0.2, 0.25) is 0 Å². The molecule has 0 aliphatic heterocycles. The van der Waals surface area contributed by atoms with E-state index in [4.69, 9.17) is 0 Å². The van der Waals surface area contributed by atoms with Crippen molar-refractivity contribution < 1.29 is 4.79 Å². The van der Waals surface area contributed by atoms with E-state index >= 15 is 0 Å². The van der Waals surface area contributed by atoms with E-state index in [1.165, 1.54) is 11.3 Å². The number of halogens is 1. The lowest BCUT2D eigenvalue weighted by molar-refractivity contribution is 0.103. The van der Waals surface area contributed by atoms with Crippen LogP contribution in [0.15, 0.2) is 39.9 Å². The number of amides is 1. The molecule has 5 nitrogen and oxygen atoms in total. The van der Waals surface area contributed by atoms with E-state index in [0.717, 1.165) is 23.7 Å². The normalized spacial score (nSPS) is 11.0. The summed E-state index contributed by atoms with van der Waals surface area (Å²) < 4.78 is 2.54. The molecule has 0 aliphatic rings. The lowest BCUT2D eigenvalue weighted by atomic mass is 10.2. The summed E-state index contributed by atoms with van der Waals surface area (Å²) in [5.74, 6) is -0.222. The first-order valence-corrected chi connectivity index (χ1v) is 10.2. The maximum absolute atomic E-state index is 12.8. The highest BCUT2D eigenvalue weighted by Crippen LogP contribution is 2.28. The van der Waals surface area contributed by atoms with Crippen molar-refractivity contribution in [3.63, 3.8) is 0 Å². The molecular weight excluding hydrogens is 414 g/mol. The van der Waals surface area contributed by atoms with Gasteiger partial charge in [0, 0.05) is 16.7 Å². The number of rotatable bonds is 6. The van der Waals surface area contributed by atoms with E-state index in [1.807, 2.05) is 31.2 Å². The molecule has 0 fully saturated rings. The molecule has 136 valence electrons. The molecule has 0 spiro atoms. The molecule has 1 aromatic carbocycles. The lowest BCUT2D eigenvalue weighted by Gasteiger charge is -2.05. The molecule has 0 aliphatic carbocycles. The molecule has 1 N–H and O–H groups in total. The van der Waals surface area contributed by atoms with Crippen LogP contribution < -0.4 is 10.9 Å². The smallest absolute Gasteiger partial charge is 0.266 e. The van der Waals surface area contributed by atoms with Gasteiger partial charge in [0.15, 0.2) is 0 Å². The number of aromatic nitrogens is 2. The van der Waals surface area contributed by atoms with Gasteiger partial charge in [0.25, 0.3) is 11.5 Å². The quantitative estimate of drug-likeness (QED) is 0.557. The number of benzene rings is 1. The maximum atomic E-state index is 12.8. The highest BCUT2D eigenvalue weighted by molar-refractivity contribution is 9.10. The van der Waals surface area contributed by atoms with Gasteiger partial charge in [0.2, 0.25) is 0 Å². The zero-order valence-electron chi connectivity index (χ0n) is 14.7. The molecule has 3 rings (SSSR count). The van der Waals surface area contributed by atoms with Gasteiger partial charge in [0.05, 0.1) is 16.6 Å². The van der Waals surface area contributed by atoms with Gasteiger partial charge in [-0.15, -0.1) is 11.3 Å². The van der Waals surface area contributed by atoms with Crippen LogP contribution in [0.25, 0.3) is 10.2 Å². The SMILES string of the molecule is CCCCCn1cnc2sc(C(=O)Nc3cccc(Br)c3)c(C)c2c1=O. The minimum Gasteiger partial charge on any atom is -0.321 e. The van der Waals surface area contributed by atoms with Gasteiger partial charge >= 0.3 is 0 Å². The van der Waals surface area contributed by atoms with Crippen LogP contribution in [0.1, 0.15) is 41.4 Å². The Labute approximate surface area is 164 Å². The number of nitrogens with zero attached hydrogens (tertiary/aromatic N) is 2. The van der Waals surface area contributed by atoms with Crippen molar-refractivity contribution >= 4 is 49.1 Å². The van der Waals surface area contributed by atoms with Crippen LogP contribution >= 0.6 is 27.3 Å². The second kappa shape index (κ2) is 8.14. The molecular formula is C19H20BrN3O2S. The Morgan fingerprint density at radius 2 is 2.15 bits per heavy atom. The van der Waals surface area contributed by atoms with Gasteiger partial charge in [-0.25, -0.2) is 4.98 Å². The summed E-state index contributed by atoms with van der Waals surface area (Å²) in [5.41, 5.74) is 1.33. The van der Waals surface area contributed by atoms with Crippen LogP contribution in [-0.4, -0.2) is 15.5 Å². The van der Waals surface area contributed by atoms with Crippen molar-refractivity contribution in [3.8, 4) is 0 Å². The van der Waals surface area contributed by atoms with Crippen molar-refractivity contribution in [2.24, 2.45) is 0 Å². The second-order valence-electron chi connectivity index (χ2n) is 6.15. The van der Waals surface area contributed by atoms with Gasteiger partial charge in [-0.2, -0.15) is 0 Å². The summed E-state index contributed by atoms with van der Waals surface area (Å²) in [4.78, 5) is 31.0. The minimum absolute atomic E-state index is 0.0682. The number of unbranched alkanes of at least 4 members (excludes halogenated alkanes) is 2. The Morgan fingerprint density at radius 3 is 2.88 bits per heavy atom. The Kier molecular flexibility index (Phi) is 5.88. The number of hydrogen-bond donors (Lipinski definition) is 1. The predicted octanol–water partition coefficient (Wildman–Crippen LogP) is 4.97. The van der Waals surface area contributed by atoms with E-state index < -0.39 is 0 Å². The Morgan fingerprint density at radius 1 is 1.35 bits per heavy atom. The molecule has 2 heterocycles. The molecule has 0 saturated heterocycles. The molecule has 0 unspecified atom stereocenters. The van der Waals surface area contributed by atoms with Crippen LogP contribution in [0, 0.1) is 6.92 Å². The van der Waals surface area contributed by atoms with Gasteiger partial charge in [-0.05, 0) is 37.1 Å². The summed E-state index contributed by atoms with van der Waals surface area (Å²) >= 11 is 4.65. The average Bonchev–Trinajstić information content (AvgIpc) is 2.95. The molecule has 1 amide bonds.